The van der Waals surface area contributed by atoms with Crippen molar-refractivity contribution in [1.82, 2.24) is 4.90 Å². The van der Waals surface area contributed by atoms with Gasteiger partial charge < -0.3 is 10.2 Å². The molecule has 0 bridgehead atoms. The van der Waals surface area contributed by atoms with Gasteiger partial charge in [-0.1, -0.05) is 36.7 Å². The van der Waals surface area contributed by atoms with E-state index in [-0.39, 0.29) is 37.0 Å². The van der Waals surface area contributed by atoms with Crippen LogP contribution in [0, 0.1) is 0 Å². The Morgan fingerprint density at radius 1 is 1.00 bits per heavy atom. The van der Waals surface area contributed by atoms with Crippen LogP contribution < -0.4 is 5.32 Å². The van der Waals surface area contributed by atoms with E-state index in [4.69, 9.17) is 11.6 Å². The Bertz CT molecular complexity index is 818. The number of halogens is 1. The van der Waals surface area contributed by atoms with Gasteiger partial charge in [-0.05, 0) is 42.3 Å². The molecule has 5 nitrogen and oxygen atoms in total. The van der Waals surface area contributed by atoms with E-state index in [0.29, 0.717) is 10.6 Å². The minimum Gasteiger partial charge on any atom is -0.336 e. The summed E-state index contributed by atoms with van der Waals surface area (Å²) in [6.07, 6.45) is 0.944. The molecule has 142 valence electrons. The van der Waals surface area contributed by atoms with Crippen LogP contribution in [-0.4, -0.2) is 36.1 Å². The third kappa shape index (κ3) is 6.22. The smallest absolute Gasteiger partial charge is 0.243 e. The van der Waals surface area contributed by atoms with Gasteiger partial charge in [0.15, 0.2) is 5.78 Å². The highest BCUT2D eigenvalue weighted by molar-refractivity contribution is 6.30. The molecule has 2 amide bonds. The Balaban J connectivity index is 1.83. The van der Waals surface area contributed by atoms with E-state index in [2.05, 4.69) is 5.32 Å². The number of carbonyl (C=O) groups is 3. The number of hydrogen-bond donors (Lipinski definition) is 1. The van der Waals surface area contributed by atoms with Gasteiger partial charge in [-0.3, -0.25) is 14.4 Å². The number of anilines is 1. The molecule has 0 aromatic heterocycles. The van der Waals surface area contributed by atoms with Gasteiger partial charge in [-0.15, -0.1) is 0 Å². The molecule has 0 aliphatic rings. The topological polar surface area (TPSA) is 66.5 Å². The maximum absolute atomic E-state index is 12.2. The van der Waals surface area contributed by atoms with Gasteiger partial charge in [-0.25, -0.2) is 0 Å². The van der Waals surface area contributed by atoms with E-state index >= 15 is 0 Å². The summed E-state index contributed by atoms with van der Waals surface area (Å²) in [7, 11) is 1.56. The van der Waals surface area contributed by atoms with Gasteiger partial charge in [0.05, 0.1) is 6.54 Å². The molecule has 0 aliphatic heterocycles. The molecule has 6 heteroatoms. The average molecular weight is 387 g/mol. The average Bonchev–Trinajstić information content (AvgIpc) is 2.66. The zero-order valence-corrected chi connectivity index (χ0v) is 16.3. The summed E-state index contributed by atoms with van der Waals surface area (Å²) in [6.45, 7) is 1.95. The fraction of sp³-hybridized carbons (Fsp3) is 0.286. The number of likely N-dealkylation sites (N-methyl/N-ethyl adjacent to an activating group) is 1. The van der Waals surface area contributed by atoms with Crippen molar-refractivity contribution in [2.75, 3.05) is 18.9 Å². The molecule has 0 heterocycles. The Labute approximate surface area is 164 Å². The minimum absolute atomic E-state index is 0.0524. The molecule has 0 saturated heterocycles. The molecular weight excluding hydrogens is 364 g/mol. The SMILES string of the molecule is CCc1ccccc1NC(=O)CN(C)C(=O)CCC(=O)c1ccc(Cl)cc1. The molecule has 0 spiro atoms. The number of ketones is 1. The second-order valence-corrected chi connectivity index (χ2v) is 6.68. The first-order chi connectivity index (χ1) is 12.9. The summed E-state index contributed by atoms with van der Waals surface area (Å²) in [6, 6.07) is 14.1. The summed E-state index contributed by atoms with van der Waals surface area (Å²) in [5, 5.41) is 3.38. The first-order valence-electron chi connectivity index (χ1n) is 8.81. The summed E-state index contributed by atoms with van der Waals surface area (Å²) in [5.41, 5.74) is 2.31. The van der Waals surface area contributed by atoms with Gasteiger partial charge in [0.2, 0.25) is 11.8 Å². The van der Waals surface area contributed by atoms with Crippen molar-refractivity contribution in [1.29, 1.82) is 0 Å². The van der Waals surface area contributed by atoms with Gasteiger partial charge in [0.25, 0.3) is 0 Å². The van der Waals surface area contributed by atoms with E-state index in [1.807, 2.05) is 31.2 Å². The fourth-order valence-corrected chi connectivity index (χ4v) is 2.76. The molecular formula is C21H23ClN2O3. The number of hydrogen-bond acceptors (Lipinski definition) is 3. The van der Waals surface area contributed by atoms with E-state index in [9.17, 15) is 14.4 Å². The lowest BCUT2D eigenvalue weighted by Gasteiger charge is -2.17. The Kier molecular flexibility index (Phi) is 7.55. The molecule has 0 unspecified atom stereocenters. The van der Waals surface area contributed by atoms with Crippen LogP contribution in [0.25, 0.3) is 0 Å². The van der Waals surface area contributed by atoms with Crippen LogP contribution in [0.5, 0.6) is 0 Å². The van der Waals surface area contributed by atoms with Crippen molar-refractivity contribution >= 4 is 34.9 Å². The highest BCUT2D eigenvalue weighted by Gasteiger charge is 2.16. The molecule has 2 rings (SSSR count). The summed E-state index contributed by atoms with van der Waals surface area (Å²) in [5.74, 6) is -0.651. The number of carbonyl (C=O) groups excluding carboxylic acids is 3. The molecule has 0 aliphatic carbocycles. The van der Waals surface area contributed by atoms with Crippen LogP contribution in [0.1, 0.15) is 35.7 Å². The van der Waals surface area contributed by atoms with Gasteiger partial charge in [0, 0.05) is 36.2 Å². The van der Waals surface area contributed by atoms with E-state index in [1.165, 1.54) is 4.90 Å². The molecule has 2 aromatic carbocycles. The second-order valence-electron chi connectivity index (χ2n) is 6.24. The second kappa shape index (κ2) is 9.88. The van der Waals surface area contributed by atoms with Crippen molar-refractivity contribution in [3.05, 3.63) is 64.7 Å². The van der Waals surface area contributed by atoms with Crippen LogP contribution in [0.4, 0.5) is 5.69 Å². The van der Waals surface area contributed by atoms with Crippen LogP contribution in [0.2, 0.25) is 5.02 Å². The molecule has 27 heavy (non-hydrogen) atoms. The number of rotatable bonds is 8. The quantitative estimate of drug-likeness (QED) is 0.698. The highest BCUT2D eigenvalue weighted by Crippen LogP contribution is 2.15. The first-order valence-corrected chi connectivity index (χ1v) is 9.19. The number of Topliss-reactive ketones (excluding diaryl/α,β-unsaturated/α-hetero) is 1. The normalized spacial score (nSPS) is 10.3. The van der Waals surface area contributed by atoms with Crippen molar-refractivity contribution in [2.45, 2.75) is 26.2 Å². The largest absolute Gasteiger partial charge is 0.336 e. The third-order valence-corrected chi connectivity index (χ3v) is 4.46. The Morgan fingerprint density at radius 3 is 2.33 bits per heavy atom. The van der Waals surface area contributed by atoms with Gasteiger partial charge >= 0.3 is 0 Å². The van der Waals surface area contributed by atoms with Gasteiger partial charge in [-0.2, -0.15) is 0 Å². The van der Waals surface area contributed by atoms with Gasteiger partial charge in [0.1, 0.15) is 0 Å². The molecule has 0 saturated carbocycles. The standard InChI is InChI=1S/C21H23ClN2O3/c1-3-15-6-4-5-7-18(15)23-20(26)14-24(2)21(27)13-12-19(25)16-8-10-17(22)11-9-16/h4-11H,3,12-14H2,1-2H3,(H,23,26). The molecule has 0 fully saturated rings. The van der Waals surface area contributed by atoms with Crippen LogP contribution in [-0.2, 0) is 16.0 Å². The number of para-hydroxylation sites is 1. The zero-order chi connectivity index (χ0) is 19.8. The van der Waals surface area contributed by atoms with Crippen molar-refractivity contribution in [3.63, 3.8) is 0 Å². The maximum Gasteiger partial charge on any atom is 0.243 e. The summed E-state index contributed by atoms with van der Waals surface area (Å²) in [4.78, 5) is 37.9. The number of amides is 2. The van der Waals surface area contributed by atoms with Crippen molar-refractivity contribution in [2.24, 2.45) is 0 Å². The predicted molar refractivity (Wildman–Crippen MR) is 107 cm³/mol. The lowest BCUT2D eigenvalue weighted by molar-refractivity contribution is -0.133. The zero-order valence-electron chi connectivity index (χ0n) is 15.5. The van der Waals surface area contributed by atoms with E-state index < -0.39 is 0 Å². The monoisotopic (exact) mass is 386 g/mol. The summed E-state index contributed by atoms with van der Waals surface area (Å²) >= 11 is 5.80. The van der Waals surface area contributed by atoms with E-state index in [1.54, 1.807) is 31.3 Å². The fourth-order valence-electron chi connectivity index (χ4n) is 2.64. The van der Waals surface area contributed by atoms with Crippen LogP contribution in [0.3, 0.4) is 0 Å². The minimum atomic E-state index is -0.268. The molecule has 0 radical (unpaired) electrons. The van der Waals surface area contributed by atoms with E-state index in [0.717, 1.165) is 17.7 Å². The van der Waals surface area contributed by atoms with Crippen LogP contribution in [0.15, 0.2) is 48.5 Å². The summed E-state index contributed by atoms with van der Waals surface area (Å²) < 4.78 is 0. The van der Waals surface area contributed by atoms with Crippen molar-refractivity contribution in [3.8, 4) is 0 Å². The molecule has 1 N–H and O–H groups in total. The number of aryl methyl sites for hydroxylation is 1. The lowest BCUT2D eigenvalue weighted by atomic mass is 10.1. The number of nitrogens with one attached hydrogen (secondary N) is 1. The Morgan fingerprint density at radius 2 is 1.67 bits per heavy atom. The molecule has 2 aromatic rings. The predicted octanol–water partition coefficient (Wildman–Crippen LogP) is 3.96. The maximum atomic E-state index is 12.2. The first kappa shape index (κ1) is 20.6. The number of benzene rings is 2. The Hall–Kier alpha value is -2.66. The number of nitrogens with zero attached hydrogens (tertiary/aromatic N) is 1. The van der Waals surface area contributed by atoms with Crippen LogP contribution >= 0.6 is 11.6 Å². The van der Waals surface area contributed by atoms with Crippen molar-refractivity contribution < 1.29 is 14.4 Å². The highest BCUT2D eigenvalue weighted by atomic mass is 35.5. The third-order valence-electron chi connectivity index (χ3n) is 4.21. The lowest BCUT2D eigenvalue weighted by Crippen LogP contribution is -2.35. The molecule has 0 atom stereocenters.